The van der Waals surface area contributed by atoms with Crippen LogP contribution in [-0.4, -0.2) is 28.1 Å². The smallest absolute Gasteiger partial charge is 0.323 e. The summed E-state index contributed by atoms with van der Waals surface area (Å²) < 4.78 is 13.8. The van der Waals surface area contributed by atoms with E-state index in [1.165, 1.54) is 6.07 Å². The maximum absolute atomic E-state index is 13.8. The summed E-state index contributed by atoms with van der Waals surface area (Å²) in [6.07, 6.45) is 1.45. The van der Waals surface area contributed by atoms with Crippen molar-refractivity contribution in [2.45, 2.75) is 38.3 Å². The molecule has 0 amide bonds. The van der Waals surface area contributed by atoms with Crippen molar-refractivity contribution in [3.63, 3.8) is 0 Å². The van der Waals surface area contributed by atoms with E-state index in [2.05, 4.69) is 0 Å². The van der Waals surface area contributed by atoms with Crippen molar-refractivity contribution in [1.29, 1.82) is 0 Å². The highest BCUT2D eigenvalue weighted by Gasteiger charge is 2.45. The lowest BCUT2D eigenvalue weighted by Gasteiger charge is -2.36. The largest absolute Gasteiger partial charge is 0.480 e. The number of likely N-dealkylation sites (tertiary alicyclic amines) is 1. The van der Waals surface area contributed by atoms with Crippen LogP contribution in [0.2, 0.25) is 0 Å². The first-order valence-corrected chi connectivity index (χ1v) is 6.21. The highest BCUT2D eigenvalue weighted by Crippen LogP contribution is 2.37. The molecule has 2 unspecified atom stereocenters. The van der Waals surface area contributed by atoms with Crippen LogP contribution in [0.1, 0.15) is 38.3 Å². The van der Waals surface area contributed by atoms with Crippen molar-refractivity contribution in [1.82, 2.24) is 4.90 Å². The number of hydrogen-bond donors (Lipinski definition) is 1. The Bertz CT molecular complexity index is 463. The van der Waals surface area contributed by atoms with Gasteiger partial charge in [0.2, 0.25) is 0 Å². The van der Waals surface area contributed by atoms with E-state index in [0.29, 0.717) is 18.5 Å². The number of carboxylic acids is 1. The summed E-state index contributed by atoms with van der Waals surface area (Å²) >= 11 is 0. The van der Waals surface area contributed by atoms with Gasteiger partial charge in [0.1, 0.15) is 11.4 Å². The van der Waals surface area contributed by atoms with Gasteiger partial charge in [-0.3, -0.25) is 9.69 Å². The molecule has 0 aliphatic carbocycles. The molecule has 1 N–H and O–H groups in total. The third-order valence-corrected chi connectivity index (χ3v) is 3.98. The van der Waals surface area contributed by atoms with Gasteiger partial charge >= 0.3 is 5.97 Å². The molecule has 1 fully saturated rings. The number of nitrogens with zero attached hydrogens (tertiary/aromatic N) is 1. The maximum atomic E-state index is 13.8. The molecule has 0 bridgehead atoms. The molecule has 3 nitrogen and oxygen atoms in total. The Morgan fingerprint density at radius 3 is 2.78 bits per heavy atom. The minimum atomic E-state index is -0.887. The van der Waals surface area contributed by atoms with Crippen molar-refractivity contribution in [2.24, 2.45) is 0 Å². The first-order valence-electron chi connectivity index (χ1n) is 6.21. The lowest BCUT2D eigenvalue weighted by atomic mass is 9.96. The zero-order chi connectivity index (χ0) is 13.3. The predicted molar refractivity (Wildman–Crippen MR) is 66.8 cm³/mol. The fraction of sp³-hybridized carbons (Fsp3) is 0.500. The van der Waals surface area contributed by atoms with Crippen LogP contribution in [0.25, 0.3) is 0 Å². The van der Waals surface area contributed by atoms with Gasteiger partial charge in [0.15, 0.2) is 0 Å². The third-order valence-electron chi connectivity index (χ3n) is 3.98. The standard InChI is InChI=1S/C14H18FNO2/c1-10(11-6-3-4-7-12(11)15)16-9-5-8-14(16,2)13(17)18/h3-4,6-7,10H,5,8-9H2,1-2H3,(H,17,18). The number of carboxylic acid groups (broad SMARTS) is 1. The normalized spacial score (nSPS) is 26.2. The SMILES string of the molecule is CC(c1ccccc1F)N1CCCC1(C)C(=O)O. The first kappa shape index (κ1) is 13.0. The lowest BCUT2D eigenvalue weighted by Crippen LogP contribution is -2.49. The molecular weight excluding hydrogens is 233 g/mol. The van der Waals surface area contributed by atoms with Crippen molar-refractivity contribution >= 4 is 5.97 Å². The minimum Gasteiger partial charge on any atom is -0.480 e. The summed E-state index contributed by atoms with van der Waals surface area (Å²) in [7, 11) is 0. The molecule has 18 heavy (non-hydrogen) atoms. The van der Waals surface area contributed by atoms with Crippen LogP contribution < -0.4 is 0 Å². The van der Waals surface area contributed by atoms with Crippen LogP contribution in [0, 0.1) is 5.82 Å². The van der Waals surface area contributed by atoms with Gasteiger partial charge in [0.05, 0.1) is 0 Å². The zero-order valence-corrected chi connectivity index (χ0v) is 10.7. The predicted octanol–water partition coefficient (Wildman–Crippen LogP) is 2.83. The second-order valence-electron chi connectivity index (χ2n) is 5.07. The molecule has 0 saturated carbocycles. The summed E-state index contributed by atoms with van der Waals surface area (Å²) in [5, 5.41) is 9.37. The summed E-state index contributed by atoms with van der Waals surface area (Å²) in [4.78, 5) is 13.3. The third kappa shape index (κ3) is 2.01. The lowest BCUT2D eigenvalue weighted by molar-refractivity contribution is -0.149. The summed E-state index contributed by atoms with van der Waals surface area (Å²) in [5.41, 5.74) is -0.325. The average molecular weight is 251 g/mol. The maximum Gasteiger partial charge on any atom is 0.323 e. The van der Waals surface area contributed by atoms with E-state index >= 15 is 0 Å². The minimum absolute atomic E-state index is 0.227. The number of halogens is 1. The van der Waals surface area contributed by atoms with Crippen molar-refractivity contribution in [2.75, 3.05) is 6.54 Å². The van der Waals surface area contributed by atoms with E-state index in [1.807, 2.05) is 11.8 Å². The molecule has 1 heterocycles. The molecule has 2 rings (SSSR count). The van der Waals surface area contributed by atoms with E-state index in [9.17, 15) is 14.3 Å². The highest BCUT2D eigenvalue weighted by molar-refractivity contribution is 5.78. The molecule has 4 heteroatoms. The van der Waals surface area contributed by atoms with E-state index in [0.717, 1.165) is 6.42 Å². The molecule has 98 valence electrons. The number of benzene rings is 1. The number of hydrogen-bond acceptors (Lipinski definition) is 2. The quantitative estimate of drug-likeness (QED) is 0.898. The van der Waals surface area contributed by atoms with Crippen molar-refractivity contribution < 1.29 is 14.3 Å². The Hall–Kier alpha value is -1.42. The Balaban J connectivity index is 2.32. The van der Waals surface area contributed by atoms with Crippen molar-refractivity contribution in [3.8, 4) is 0 Å². The van der Waals surface area contributed by atoms with Crippen LogP contribution in [0.4, 0.5) is 4.39 Å². The molecule has 1 aliphatic heterocycles. The number of aliphatic carboxylic acids is 1. The summed E-state index contributed by atoms with van der Waals surface area (Å²) in [6.45, 7) is 4.28. The van der Waals surface area contributed by atoms with Gasteiger partial charge in [-0.2, -0.15) is 0 Å². The first-order chi connectivity index (χ1) is 8.47. The molecule has 0 radical (unpaired) electrons. The van der Waals surface area contributed by atoms with Gasteiger partial charge in [-0.25, -0.2) is 4.39 Å². The van der Waals surface area contributed by atoms with Gasteiger partial charge in [0, 0.05) is 11.6 Å². The van der Waals surface area contributed by atoms with E-state index in [1.54, 1.807) is 25.1 Å². The summed E-state index contributed by atoms with van der Waals surface area (Å²) in [5.74, 6) is -1.10. The number of carbonyl (C=O) groups is 1. The molecule has 1 aromatic carbocycles. The second kappa shape index (κ2) is 4.69. The van der Waals surface area contributed by atoms with Gasteiger partial charge in [-0.1, -0.05) is 18.2 Å². The fourth-order valence-electron chi connectivity index (χ4n) is 2.82. The van der Waals surface area contributed by atoms with E-state index in [4.69, 9.17) is 0 Å². The topological polar surface area (TPSA) is 40.5 Å². The average Bonchev–Trinajstić information content (AvgIpc) is 2.72. The Morgan fingerprint density at radius 1 is 1.50 bits per heavy atom. The van der Waals surface area contributed by atoms with E-state index in [-0.39, 0.29) is 11.9 Å². The van der Waals surface area contributed by atoms with Gasteiger partial charge in [-0.05, 0) is 39.3 Å². The Kier molecular flexibility index (Phi) is 3.39. The van der Waals surface area contributed by atoms with Crippen LogP contribution in [-0.2, 0) is 4.79 Å². The Morgan fingerprint density at radius 2 is 2.17 bits per heavy atom. The van der Waals surface area contributed by atoms with Crippen LogP contribution in [0.15, 0.2) is 24.3 Å². The van der Waals surface area contributed by atoms with Gasteiger partial charge in [-0.15, -0.1) is 0 Å². The Labute approximate surface area is 106 Å². The monoisotopic (exact) mass is 251 g/mol. The van der Waals surface area contributed by atoms with Gasteiger partial charge < -0.3 is 5.11 Å². The van der Waals surface area contributed by atoms with Crippen LogP contribution in [0.3, 0.4) is 0 Å². The van der Waals surface area contributed by atoms with Gasteiger partial charge in [0.25, 0.3) is 0 Å². The van der Waals surface area contributed by atoms with E-state index < -0.39 is 11.5 Å². The highest BCUT2D eigenvalue weighted by atomic mass is 19.1. The van der Waals surface area contributed by atoms with Crippen LogP contribution >= 0.6 is 0 Å². The van der Waals surface area contributed by atoms with Crippen LogP contribution in [0.5, 0.6) is 0 Å². The molecule has 2 atom stereocenters. The zero-order valence-electron chi connectivity index (χ0n) is 10.7. The molecule has 1 saturated heterocycles. The molecular formula is C14H18FNO2. The van der Waals surface area contributed by atoms with Crippen molar-refractivity contribution in [3.05, 3.63) is 35.6 Å². The summed E-state index contributed by atoms with van der Waals surface area (Å²) in [6, 6.07) is 6.34. The molecule has 1 aliphatic rings. The fourth-order valence-corrected chi connectivity index (χ4v) is 2.82. The molecule has 0 spiro atoms. The second-order valence-corrected chi connectivity index (χ2v) is 5.07. The molecule has 0 aromatic heterocycles. The number of rotatable bonds is 3. The molecule has 1 aromatic rings.